The van der Waals surface area contributed by atoms with Crippen molar-refractivity contribution in [3.63, 3.8) is 0 Å². The summed E-state index contributed by atoms with van der Waals surface area (Å²) in [4.78, 5) is 22.6. The molecule has 2 amide bonds. The number of hydrogen-bond acceptors (Lipinski definition) is 2. The predicted octanol–water partition coefficient (Wildman–Crippen LogP) is 0.108. The van der Waals surface area contributed by atoms with Gasteiger partial charge in [-0.3, -0.25) is 4.79 Å². The number of likely N-dealkylation sites (tertiary alicyclic amines) is 1. The lowest BCUT2D eigenvalue weighted by atomic mass is 9.90. The van der Waals surface area contributed by atoms with E-state index in [0.717, 1.165) is 0 Å². The molecule has 0 radical (unpaired) electrons. The van der Waals surface area contributed by atoms with Crippen molar-refractivity contribution in [2.75, 3.05) is 13.1 Å². The van der Waals surface area contributed by atoms with Gasteiger partial charge in [0, 0.05) is 13.1 Å². The molecule has 0 aromatic carbocycles. The first kappa shape index (κ1) is 9.83. The molecule has 3 N–H and O–H groups in total. The molecule has 1 aliphatic rings. The molecule has 0 bridgehead atoms. The molecule has 1 fully saturated rings. The van der Waals surface area contributed by atoms with Crippen molar-refractivity contribution in [1.82, 2.24) is 4.90 Å². The monoisotopic (exact) mass is 186 g/mol. The van der Waals surface area contributed by atoms with Gasteiger partial charge in [-0.1, -0.05) is 6.92 Å². The summed E-state index contributed by atoms with van der Waals surface area (Å²) in [5.41, 5.74) is 5.02. The second-order valence-corrected chi connectivity index (χ2v) is 3.58. The zero-order valence-corrected chi connectivity index (χ0v) is 7.56. The number of carbonyl (C=O) groups excluding carboxylic acids is 1. The van der Waals surface area contributed by atoms with Crippen molar-refractivity contribution in [2.45, 2.75) is 13.3 Å². The number of carboxylic acid groups (broad SMARTS) is 1. The van der Waals surface area contributed by atoms with Crippen LogP contribution < -0.4 is 5.73 Å². The lowest BCUT2D eigenvalue weighted by Gasteiger charge is -2.38. The lowest BCUT2D eigenvalue weighted by molar-refractivity contribution is -0.142. The first-order valence-corrected chi connectivity index (χ1v) is 4.28. The summed E-state index contributed by atoms with van der Waals surface area (Å²) in [5, 5.41) is 8.62. The Balaban J connectivity index is 2.21. The number of nitrogens with zero attached hydrogens (tertiary/aromatic N) is 1. The molecular weight excluding hydrogens is 172 g/mol. The third kappa shape index (κ3) is 2.34. The van der Waals surface area contributed by atoms with Crippen LogP contribution in [-0.2, 0) is 4.79 Å². The molecule has 1 atom stereocenters. The lowest BCUT2D eigenvalue weighted by Crippen LogP contribution is -2.52. The highest BCUT2D eigenvalue weighted by Crippen LogP contribution is 2.22. The summed E-state index contributed by atoms with van der Waals surface area (Å²) < 4.78 is 0. The molecule has 0 saturated carbocycles. The van der Waals surface area contributed by atoms with E-state index in [1.807, 2.05) is 0 Å². The van der Waals surface area contributed by atoms with E-state index in [0.29, 0.717) is 25.4 Å². The van der Waals surface area contributed by atoms with Gasteiger partial charge < -0.3 is 15.7 Å². The van der Waals surface area contributed by atoms with Gasteiger partial charge >= 0.3 is 12.0 Å². The average molecular weight is 186 g/mol. The second kappa shape index (κ2) is 3.64. The van der Waals surface area contributed by atoms with Gasteiger partial charge in [-0.2, -0.15) is 0 Å². The first-order valence-electron chi connectivity index (χ1n) is 4.28. The number of carbonyl (C=O) groups is 2. The fraction of sp³-hybridized carbons (Fsp3) is 0.750. The normalized spacial score (nSPS) is 19.3. The molecule has 0 aromatic heterocycles. The Morgan fingerprint density at radius 1 is 1.62 bits per heavy atom. The van der Waals surface area contributed by atoms with Crippen LogP contribution in [-0.4, -0.2) is 35.1 Å². The molecule has 1 aliphatic heterocycles. The Morgan fingerprint density at radius 3 is 2.54 bits per heavy atom. The molecule has 1 heterocycles. The summed E-state index contributed by atoms with van der Waals surface area (Å²) in [6.45, 7) is 2.88. The highest BCUT2D eigenvalue weighted by molar-refractivity contribution is 5.73. The number of aliphatic carboxylic acids is 1. The number of urea groups is 1. The third-order valence-corrected chi connectivity index (χ3v) is 2.38. The number of nitrogens with two attached hydrogens (primary N) is 1. The summed E-state index contributed by atoms with van der Waals surface area (Å²) in [7, 11) is 0. The van der Waals surface area contributed by atoms with Gasteiger partial charge in [0.05, 0.1) is 5.92 Å². The fourth-order valence-electron chi connectivity index (χ4n) is 1.50. The van der Waals surface area contributed by atoms with E-state index in [2.05, 4.69) is 0 Å². The van der Waals surface area contributed by atoms with E-state index in [4.69, 9.17) is 10.8 Å². The maximum atomic E-state index is 10.6. The van der Waals surface area contributed by atoms with Crippen LogP contribution in [0.25, 0.3) is 0 Å². The van der Waals surface area contributed by atoms with Crippen molar-refractivity contribution in [3.05, 3.63) is 0 Å². The minimum absolute atomic E-state index is 0.304. The van der Waals surface area contributed by atoms with E-state index in [9.17, 15) is 9.59 Å². The number of primary amides is 1. The van der Waals surface area contributed by atoms with Gasteiger partial charge in [-0.25, -0.2) is 4.79 Å². The van der Waals surface area contributed by atoms with Gasteiger partial charge in [-0.05, 0) is 12.3 Å². The average Bonchev–Trinajstić information content (AvgIpc) is 1.94. The Labute approximate surface area is 76.5 Å². The topological polar surface area (TPSA) is 83.6 Å². The van der Waals surface area contributed by atoms with Crippen molar-refractivity contribution < 1.29 is 14.7 Å². The standard InChI is InChI=1S/C8H14N2O3/c1-5(7(11)12)2-6-3-10(4-6)8(9)13/h5-6H,2-4H2,1H3,(H2,9,13)(H,11,12). The smallest absolute Gasteiger partial charge is 0.314 e. The van der Waals surface area contributed by atoms with Crippen LogP contribution in [0, 0.1) is 11.8 Å². The first-order chi connectivity index (χ1) is 6.00. The number of amides is 2. The van der Waals surface area contributed by atoms with E-state index < -0.39 is 12.0 Å². The van der Waals surface area contributed by atoms with Crippen LogP contribution in [0.4, 0.5) is 4.79 Å². The maximum Gasteiger partial charge on any atom is 0.314 e. The Bertz CT molecular complexity index is 223. The SMILES string of the molecule is CC(CC1CN(C(N)=O)C1)C(=O)O. The predicted molar refractivity (Wildman–Crippen MR) is 46.1 cm³/mol. The molecule has 0 aromatic rings. The molecule has 0 spiro atoms. The summed E-state index contributed by atoms with van der Waals surface area (Å²) >= 11 is 0. The van der Waals surface area contributed by atoms with Gasteiger partial charge in [0.15, 0.2) is 0 Å². The largest absolute Gasteiger partial charge is 0.481 e. The molecule has 1 saturated heterocycles. The molecule has 1 rings (SSSR count). The maximum absolute atomic E-state index is 10.6. The highest BCUT2D eigenvalue weighted by atomic mass is 16.4. The number of rotatable bonds is 3. The fourth-order valence-corrected chi connectivity index (χ4v) is 1.50. The minimum Gasteiger partial charge on any atom is -0.481 e. The molecule has 5 nitrogen and oxygen atoms in total. The van der Waals surface area contributed by atoms with Crippen LogP contribution in [0.1, 0.15) is 13.3 Å². The van der Waals surface area contributed by atoms with Crippen molar-refractivity contribution >= 4 is 12.0 Å². The zero-order chi connectivity index (χ0) is 10.0. The van der Waals surface area contributed by atoms with Gasteiger partial charge in [0.1, 0.15) is 0 Å². The molecule has 1 unspecified atom stereocenters. The minimum atomic E-state index is -0.780. The Hall–Kier alpha value is -1.26. The van der Waals surface area contributed by atoms with E-state index >= 15 is 0 Å². The second-order valence-electron chi connectivity index (χ2n) is 3.58. The zero-order valence-electron chi connectivity index (χ0n) is 7.56. The summed E-state index contributed by atoms with van der Waals surface area (Å²) in [6, 6.07) is -0.417. The van der Waals surface area contributed by atoms with Crippen LogP contribution in [0.2, 0.25) is 0 Å². The Morgan fingerprint density at radius 2 is 2.15 bits per heavy atom. The van der Waals surface area contributed by atoms with E-state index in [1.54, 1.807) is 6.92 Å². The van der Waals surface area contributed by atoms with Crippen molar-refractivity contribution in [1.29, 1.82) is 0 Å². The molecule has 5 heteroatoms. The third-order valence-electron chi connectivity index (χ3n) is 2.38. The molecule has 0 aliphatic carbocycles. The van der Waals surface area contributed by atoms with Crippen molar-refractivity contribution in [3.8, 4) is 0 Å². The number of carboxylic acids is 1. The van der Waals surface area contributed by atoms with E-state index in [-0.39, 0.29) is 5.92 Å². The van der Waals surface area contributed by atoms with Crippen LogP contribution in [0.3, 0.4) is 0 Å². The quantitative estimate of drug-likeness (QED) is 0.656. The van der Waals surface area contributed by atoms with Gasteiger partial charge in [-0.15, -0.1) is 0 Å². The number of hydrogen-bond donors (Lipinski definition) is 2. The van der Waals surface area contributed by atoms with Gasteiger partial charge in [0.2, 0.25) is 0 Å². The molecular formula is C8H14N2O3. The molecule has 13 heavy (non-hydrogen) atoms. The van der Waals surface area contributed by atoms with Crippen LogP contribution in [0.5, 0.6) is 0 Å². The van der Waals surface area contributed by atoms with Gasteiger partial charge in [0.25, 0.3) is 0 Å². The summed E-state index contributed by atoms with van der Waals surface area (Å²) in [6.07, 6.45) is 0.624. The van der Waals surface area contributed by atoms with E-state index in [1.165, 1.54) is 4.90 Å². The van der Waals surface area contributed by atoms with Crippen LogP contribution >= 0.6 is 0 Å². The Kier molecular flexibility index (Phi) is 2.75. The molecule has 74 valence electrons. The van der Waals surface area contributed by atoms with Crippen molar-refractivity contribution in [2.24, 2.45) is 17.6 Å². The highest BCUT2D eigenvalue weighted by Gasteiger charge is 2.31. The van der Waals surface area contributed by atoms with Crippen LogP contribution in [0.15, 0.2) is 0 Å². The summed E-state index contributed by atoms with van der Waals surface area (Å²) in [5.74, 6) is -0.809.